The molecule has 0 radical (unpaired) electrons. The van der Waals surface area contributed by atoms with Crippen LogP contribution in [0, 0.1) is 16.6 Å². The van der Waals surface area contributed by atoms with Crippen molar-refractivity contribution in [3.05, 3.63) is 70.5 Å². The summed E-state index contributed by atoms with van der Waals surface area (Å²) < 4.78 is 18.7. The van der Waals surface area contributed by atoms with Crippen molar-refractivity contribution in [3.63, 3.8) is 0 Å². The largest absolute Gasteiger partial charge is 0.456 e. The molecule has 0 aliphatic carbocycles. The molecule has 28 heavy (non-hydrogen) atoms. The molecule has 0 aromatic heterocycles. The van der Waals surface area contributed by atoms with Crippen molar-refractivity contribution in [3.8, 4) is 0 Å². The number of Topliss-reactive ketones (excluding diaryl/α,β-unsaturated/α-hetero) is 2. The summed E-state index contributed by atoms with van der Waals surface area (Å²) in [4.78, 5) is 38.7. The minimum atomic E-state index is -1.61. The fourth-order valence-corrected chi connectivity index (χ4v) is 3.77. The molecule has 2 atom stereocenters. The van der Waals surface area contributed by atoms with Gasteiger partial charge in [-0.05, 0) is 62.7 Å². The maximum Gasteiger partial charge on any atom is 0.320 e. The van der Waals surface area contributed by atoms with Gasteiger partial charge in [-0.15, -0.1) is 0 Å². The van der Waals surface area contributed by atoms with Crippen LogP contribution in [0.2, 0.25) is 5.02 Å². The third-order valence-corrected chi connectivity index (χ3v) is 5.52. The maximum absolute atomic E-state index is 13.3. The monoisotopic (exact) mass is 402 g/mol. The summed E-state index contributed by atoms with van der Waals surface area (Å²) in [6, 6.07) is 11.7. The topological polar surface area (TPSA) is 60.4 Å². The first kappa shape index (κ1) is 20.2. The second-order valence-corrected chi connectivity index (χ2v) is 8.26. The van der Waals surface area contributed by atoms with Crippen LogP contribution in [0.5, 0.6) is 0 Å². The number of halogens is 2. The fraction of sp³-hybridized carbons (Fsp3) is 0.318. The Kier molecular flexibility index (Phi) is 5.15. The van der Waals surface area contributed by atoms with Gasteiger partial charge in [0.05, 0.1) is 5.41 Å². The molecule has 1 fully saturated rings. The predicted molar refractivity (Wildman–Crippen MR) is 103 cm³/mol. The van der Waals surface area contributed by atoms with Gasteiger partial charge in [0.2, 0.25) is 0 Å². The summed E-state index contributed by atoms with van der Waals surface area (Å²) in [5, 5.41) is 0.532. The second kappa shape index (κ2) is 7.13. The molecule has 6 heteroatoms. The zero-order valence-corrected chi connectivity index (χ0v) is 16.5. The zero-order valence-electron chi connectivity index (χ0n) is 15.8. The maximum atomic E-state index is 13.3. The van der Waals surface area contributed by atoms with Crippen molar-refractivity contribution in [2.24, 2.45) is 10.8 Å². The van der Waals surface area contributed by atoms with E-state index in [2.05, 4.69) is 0 Å². The van der Waals surface area contributed by atoms with Gasteiger partial charge in [0.15, 0.2) is 11.6 Å². The van der Waals surface area contributed by atoms with E-state index in [9.17, 15) is 18.8 Å². The van der Waals surface area contributed by atoms with Crippen LogP contribution in [-0.2, 0) is 14.3 Å². The normalized spacial score (nSPS) is 24.0. The van der Waals surface area contributed by atoms with Gasteiger partial charge in [0.1, 0.15) is 17.3 Å². The Balaban J connectivity index is 1.90. The van der Waals surface area contributed by atoms with Crippen molar-refractivity contribution in [1.29, 1.82) is 0 Å². The number of ether oxygens (including phenoxy) is 1. The summed E-state index contributed by atoms with van der Waals surface area (Å²) in [6.07, 6.45) is -1.12. The molecule has 0 spiro atoms. The van der Waals surface area contributed by atoms with Crippen molar-refractivity contribution in [2.75, 3.05) is 0 Å². The summed E-state index contributed by atoms with van der Waals surface area (Å²) in [7, 11) is 0. The minimum absolute atomic E-state index is 0.237. The molecule has 2 aromatic carbocycles. The SMILES string of the molecule is CC1(CC(=O)c2ccc(F)cc2)C(=O)OC(c2ccc(Cl)cc2)C(C)(C)C1=O. The zero-order chi connectivity index (χ0) is 20.7. The number of rotatable bonds is 4. The van der Waals surface area contributed by atoms with Crippen LogP contribution >= 0.6 is 11.6 Å². The molecule has 4 nitrogen and oxygen atoms in total. The summed E-state index contributed by atoms with van der Waals surface area (Å²) >= 11 is 5.91. The summed E-state index contributed by atoms with van der Waals surface area (Å²) in [5.74, 6) is -2.00. The van der Waals surface area contributed by atoms with E-state index < -0.39 is 34.5 Å². The highest BCUT2D eigenvalue weighted by molar-refractivity contribution is 6.30. The lowest BCUT2D eigenvalue weighted by molar-refractivity contribution is -0.187. The number of carbonyl (C=O) groups excluding carboxylic acids is 3. The Bertz CT molecular complexity index is 934. The van der Waals surface area contributed by atoms with Gasteiger partial charge in [0.25, 0.3) is 0 Å². The molecule has 1 saturated heterocycles. The Labute approximate surface area is 167 Å². The van der Waals surface area contributed by atoms with Gasteiger partial charge in [-0.3, -0.25) is 14.4 Å². The van der Waals surface area contributed by atoms with Crippen LogP contribution < -0.4 is 0 Å². The molecule has 0 N–H and O–H groups in total. The number of hydrogen-bond donors (Lipinski definition) is 0. The van der Waals surface area contributed by atoms with Crippen molar-refractivity contribution >= 4 is 29.1 Å². The number of ketones is 2. The molecule has 2 unspecified atom stereocenters. The van der Waals surface area contributed by atoms with Crippen LogP contribution in [0.1, 0.15) is 49.2 Å². The number of esters is 1. The van der Waals surface area contributed by atoms with Gasteiger partial charge in [0, 0.05) is 17.0 Å². The number of hydrogen-bond acceptors (Lipinski definition) is 4. The molecular weight excluding hydrogens is 383 g/mol. The lowest BCUT2D eigenvalue weighted by Gasteiger charge is -2.44. The number of benzene rings is 2. The predicted octanol–water partition coefficient (Wildman–Crippen LogP) is 4.95. The molecule has 2 aromatic rings. The van der Waals surface area contributed by atoms with Gasteiger partial charge in [-0.1, -0.05) is 23.7 Å². The van der Waals surface area contributed by atoms with E-state index in [-0.39, 0.29) is 17.8 Å². The lowest BCUT2D eigenvalue weighted by atomic mass is 9.64. The average Bonchev–Trinajstić information content (AvgIpc) is 2.65. The van der Waals surface area contributed by atoms with Gasteiger partial charge in [-0.25, -0.2) is 4.39 Å². The second-order valence-electron chi connectivity index (χ2n) is 7.83. The summed E-state index contributed by atoms with van der Waals surface area (Å²) in [6.45, 7) is 4.82. The third-order valence-electron chi connectivity index (χ3n) is 5.27. The van der Waals surface area contributed by atoms with Crippen molar-refractivity contribution in [2.45, 2.75) is 33.3 Å². The third kappa shape index (κ3) is 3.47. The first-order chi connectivity index (χ1) is 13.1. The fourth-order valence-electron chi connectivity index (χ4n) is 3.64. The van der Waals surface area contributed by atoms with E-state index in [1.54, 1.807) is 38.1 Å². The molecule has 3 rings (SSSR count). The van der Waals surface area contributed by atoms with E-state index in [4.69, 9.17) is 16.3 Å². The van der Waals surface area contributed by atoms with Gasteiger partial charge >= 0.3 is 5.97 Å². The van der Waals surface area contributed by atoms with Crippen molar-refractivity contribution in [1.82, 2.24) is 0 Å². The molecule has 0 saturated carbocycles. The standard InChI is InChI=1S/C22H20ClFO4/c1-21(2)18(14-4-8-15(23)9-5-14)28-20(27)22(3,19(21)26)12-17(25)13-6-10-16(24)11-7-13/h4-11,18H,12H2,1-3H3. The van der Waals surface area contributed by atoms with Gasteiger partial charge < -0.3 is 4.74 Å². The van der Waals surface area contributed by atoms with Gasteiger partial charge in [-0.2, -0.15) is 0 Å². The van der Waals surface area contributed by atoms with E-state index in [1.165, 1.54) is 19.1 Å². The molecule has 1 heterocycles. The number of cyclic esters (lactones) is 1. The quantitative estimate of drug-likeness (QED) is 0.412. The Hall–Kier alpha value is -2.53. The van der Waals surface area contributed by atoms with E-state index in [0.29, 0.717) is 10.6 Å². The molecule has 146 valence electrons. The van der Waals surface area contributed by atoms with Crippen LogP contribution in [0.25, 0.3) is 0 Å². The van der Waals surface area contributed by atoms with Crippen LogP contribution in [0.4, 0.5) is 4.39 Å². The van der Waals surface area contributed by atoms with E-state index >= 15 is 0 Å². The Morgan fingerprint density at radius 3 is 2.18 bits per heavy atom. The highest BCUT2D eigenvalue weighted by Crippen LogP contribution is 2.49. The minimum Gasteiger partial charge on any atom is -0.456 e. The molecule has 0 bridgehead atoms. The molecule has 0 amide bonds. The highest BCUT2D eigenvalue weighted by atomic mass is 35.5. The molecular formula is C22H20ClFO4. The smallest absolute Gasteiger partial charge is 0.320 e. The van der Waals surface area contributed by atoms with E-state index in [1.807, 2.05) is 0 Å². The molecule has 1 aliphatic heterocycles. The van der Waals surface area contributed by atoms with Crippen LogP contribution in [0.15, 0.2) is 48.5 Å². The molecule has 1 aliphatic rings. The lowest BCUT2D eigenvalue weighted by Crippen LogP contribution is -2.54. The first-order valence-corrected chi connectivity index (χ1v) is 9.24. The Morgan fingerprint density at radius 2 is 1.61 bits per heavy atom. The first-order valence-electron chi connectivity index (χ1n) is 8.86. The number of carbonyl (C=O) groups is 3. The van der Waals surface area contributed by atoms with Crippen molar-refractivity contribution < 1.29 is 23.5 Å². The van der Waals surface area contributed by atoms with Crippen LogP contribution in [-0.4, -0.2) is 17.5 Å². The van der Waals surface area contributed by atoms with E-state index in [0.717, 1.165) is 12.1 Å². The Morgan fingerprint density at radius 1 is 1.04 bits per heavy atom. The average molecular weight is 403 g/mol. The van der Waals surface area contributed by atoms with Crippen LogP contribution in [0.3, 0.4) is 0 Å². The summed E-state index contributed by atoms with van der Waals surface area (Å²) in [5.41, 5.74) is -1.76. The highest BCUT2D eigenvalue weighted by Gasteiger charge is 2.58.